The highest BCUT2D eigenvalue weighted by atomic mass is 35.5. The Labute approximate surface area is 126 Å². The molecule has 2 rings (SSSR count). The molecule has 0 saturated heterocycles. The van der Waals surface area contributed by atoms with Crippen LogP contribution in [0.2, 0.25) is 5.02 Å². The van der Waals surface area contributed by atoms with Gasteiger partial charge in [0, 0.05) is 41.3 Å². The van der Waals surface area contributed by atoms with Gasteiger partial charge in [-0.25, -0.2) is 0 Å². The lowest BCUT2D eigenvalue weighted by Crippen LogP contribution is -2.41. The van der Waals surface area contributed by atoms with Crippen molar-refractivity contribution in [2.24, 2.45) is 5.92 Å². The summed E-state index contributed by atoms with van der Waals surface area (Å²) in [4.78, 5) is 5.52. The second kappa shape index (κ2) is 6.61. The maximum atomic E-state index is 6.01. The van der Waals surface area contributed by atoms with E-state index >= 15 is 0 Å². The minimum atomic E-state index is 0.488. The van der Waals surface area contributed by atoms with Gasteiger partial charge in [0.2, 0.25) is 0 Å². The van der Waals surface area contributed by atoms with Crippen LogP contribution in [0.4, 0.5) is 0 Å². The van der Waals surface area contributed by atoms with Crippen LogP contribution in [0.3, 0.4) is 0 Å². The molecule has 20 heavy (non-hydrogen) atoms. The zero-order valence-electron chi connectivity index (χ0n) is 12.7. The average molecular weight is 294 g/mol. The highest BCUT2D eigenvalue weighted by Crippen LogP contribution is 2.22. The Hall–Kier alpha value is -1.03. The van der Waals surface area contributed by atoms with E-state index in [9.17, 15) is 0 Å². The summed E-state index contributed by atoms with van der Waals surface area (Å²) < 4.78 is 0. The first-order valence-electron chi connectivity index (χ1n) is 7.11. The Bertz CT molecular complexity index is 560. The van der Waals surface area contributed by atoms with E-state index in [4.69, 9.17) is 11.6 Å². The van der Waals surface area contributed by atoms with Gasteiger partial charge in [0.15, 0.2) is 0 Å². The van der Waals surface area contributed by atoms with Crippen molar-refractivity contribution < 1.29 is 0 Å². The number of benzene rings is 1. The summed E-state index contributed by atoms with van der Waals surface area (Å²) in [6.07, 6.45) is 2.07. The van der Waals surface area contributed by atoms with Crippen molar-refractivity contribution in [2.45, 2.75) is 26.4 Å². The van der Waals surface area contributed by atoms with E-state index in [2.05, 4.69) is 55.4 Å². The third kappa shape index (κ3) is 3.75. The van der Waals surface area contributed by atoms with Gasteiger partial charge in [-0.3, -0.25) is 0 Å². The van der Waals surface area contributed by atoms with Crippen LogP contribution in [-0.4, -0.2) is 36.6 Å². The number of halogens is 1. The van der Waals surface area contributed by atoms with Gasteiger partial charge in [0.25, 0.3) is 0 Å². The average Bonchev–Trinajstić information content (AvgIpc) is 2.76. The molecule has 1 heterocycles. The molecule has 3 nitrogen and oxygen atoms in total. The van der Waals surface area contributed by atoms with E-state index in [1.165, 1.54) is 10.9 Å². The van der Waals surface area contributed by atoms with E-state index in [-0.39, 0.29) is 0 Å². The van der Waals surface area contributed by atoms with Crippen LogP contribution in [0.1, 0.15) is 19.4 Å². The number of fused-ring (bicyclic) bond motifs is 1. The SMILES string of the molecule is CC(C)C(CN(C)C)NCc1c[nH]c2cc(Cl)ccc12. The number of nitrogens with zero attached hydrogens (tertiary/aromatic N) is 1. The fourth-order valence-electron chi connectivity index (χ4n) is 2.45. The molecule has 110 valence electrons. The minimum Gasteiger partial charge on any atom is -0.361 e. The standard InChI is InChI=1S/C16H24ClN3/c1-11(2)16(10-20(3)4)19-9-12-8-18-15-7-13(17)5-6-14(12)15/h5-8,11,16,18-19H,9-10H2,1-4H3. The molecular weight excluding hydrogens is 270 g/mol. The first kappa shape index (κ1) is 15.4. The smallest absolute Gasteiger partial charge is 0.0472 e. The van der Waals surface area contributed by atoms with Crippen molar-refractivity contribution in [3.8, 4) is 0 Å². The number of H-pyrrole nitrogens is 1. The number of aromatic amines is 1. The van der Waals surface area contributed by atoms with Gasteiger partial charge >= 0.3 is 0 Å². The third-order valence-electron chi connectivity index (χ3n) is 3.65. The number of likely N-dealkylation sites (N-methyl/N-ethyl adjacent to an activating group) is 1. The third-order valence-corrected chi connectivity index (χ3v) is 3.89. The molecule has 4 heteroatoms. The number of nitrogens with one attached hydrogen (secondary N) is 2. The summed E-state index contributed by atoms with van der Waals surface area (Å²) in [6, 6.07) is 6.49. The molecule has 0 amide bonds. The van der Waals surface area contributed by atoms with Crippen LogP contribution in [-0.2, 0) is 6.54 Å². The topological polar surface area (TPSA) is 31.1 Å². The van der Waals surface area contributed by atoms with Crippen molar-refractivity contribution in [2.75, 3.05) is 20.6 Å². The number of hydrogen-bond donors (Lipinski definition) is 2. The summed E-state index contributed by atoms with van der Waals surface area (Å²) in [6.45, 7) is 6.44. The molecule has 0 spiro atoms. The molecule has 0 aliphatic heterocycles. The molecule has 2 aromatic rings. The molecule has 2 N–H and O–H groups in total. The normalized spacial score (nSPS) is 13.6. The highest BCUT2D eigenvalue weighted by Gasteiger charge is 2.14. The first-order chi connectivity index (χ1) is 9.47. The van der Waals surface area contributed by atoms with E-state index in [1.54, 1.807) is 0 Å². The van der Waals surface area contributed by atoms with Crippen LogP contribution in [0.25, 0.3) is 10.9 Å². The van der Waals surface area contributed by atoms with E-state index in [0.717, 1.165) is 23.6 Å². The summed E-state index contributed by atoms with van der Waals surface area (Å²) in [5.41, 5.74) is 2.39. The van der Waals surface area contributed by atoms with E-state index < -0.39 is 0 Å². The van der Waals surface area contributed by atoms with Gasteiger partial charge in [-0.1, -0.05) is 31.5 Å². The summed E-state index contributed by atoms with van der Waals surface area (Å²) in [7, 11) is 4.23. The van der Waals surface area contributed by atoms with Gasteiger partial charge < -0.3 is 15.2 Å². The number of rotatable bonds is 6. The Morgan fingerprint density at radius 2 is 2.05 bits per heavy atom. The molecular formula is C16H24ClN3. The van der Waals surface area contributed by atoms with Crippen molar-refractivity contribution in [3.63, 3.8) is 0 Å². The summed E-state index contributed by atoms with van der Waals surface area (Å²) in [5.74, 6) is 0.608. The molecule has 0 bridgehead atoms. The predicted molar refractivity (Wildman–Crippen MR) is 87.3 cm³/mol. The molecule has 1 atom stereocenters. The molecule has 1 unspecified atom stereocenters. The van der Waals surface area contributed by atoms with Crippen LogP contribution in [0, 0.1) is 5.92 Å². The van der Waals surface area contributed by atoms with Gasteiger partial charge in [0.05, 0.1) is 0 Å². The summed E-state index contributed by atoms with van der Waals surface area (Å²) >= 11 is 6.01. The number of hydrogen-bond acceptors (Lipinski definition) is 2. The Morgan fingerprint density at radius 3 is 2.70 bits per heavy atom. The van der Waals surface area contributed by atoms with E-state index in [1.807, 2.05) is 12.1 Å². The fraction of sp³-hybridized carbons (Fsp3) is 0.500. The molecule has 0 fully saturated rings. The molecule has 1 aromatic carbocycles. The fourth-order valence-corrected chi connectivity index (χ4v) is 2.62. The molecule has 0 saturated carbocycles. The van der Waals surface area contributed by atoms with Crippen molar-refractivity contribution in [1.82, 2.24) is 15.2 Å². The molecule has 0 radical (unpaired) electrons. The minimum absolute atomic E-state index is 0.488. The zero-order valence-corrected chi connectivity index (χ0v) is 13.5. The highest BCUT2D eigenvalue weighted by molar-refractivity contribution is 6.31. The quantitative estimate of drug-likeness (QED) is 0.854. The lowest BCUT2D eigenvalue weighted by Gasteiger charge is -2.25. The predicted octanol–water partition coefficient (Wildman–Crippen LogP) is 3.50. The van der Waals surface area contributed by atoms with Gasteiger partial charge in [-0.05, 0) is 37.7 Å². The van der Waals surface area contributed by atoms with Gasteiger partial charge in [-0.2, -0.15) is 0 Å². The maximum Gasteiger partial charge on any atom is 0.0472 e. The van der Waals surface area contributed by atoms with Crippen LogP contribution < -0.4 is 5.32 Å². The lowest BCUT2D eigenvalue weighted by atomic mass is 10.0. The molecule has 0 aliphatic carbocycles. The largest absolute Gasteiger partial charge is 0.361 e. The van der Waals surface area contributed by atoms with Crippen LogP contribution >= 0.6 is 11.6 Å². The monoisotopic (exact) mass is 293 g/mol. The van der Waals surface area contributed by atoms with Gasteiger partial charge in [0.1, 0.15) is 0 Å². The lowest BCUT2D eigenvalue weighted by molar-refractivity contribution is 0.288. The Balaban J connectivity index is 2.08. The van der Waals surface area contributed by atoms with Crippen LogP contribution in [0.15, 0.2) is 24.4 Å². The number of aromatic nitrogens is 1. The van der Waals surface area contributed by atoms with Crippen molar-refractivity contribution >= 4 is 22.5 Å². The zero-order chi connectivity index (χ0) is 14.7. The molecule has 0 aliphatic rings. The van der Waals surface area contributed by atoms with Crippen LogP contribution in [0.5, 0.6) is 0 Å². The van der Waals surface area contributed by atoms with E-state index in [0.29, 0.717) is 12.0 Å². The first-order valence-corrected chi connectivity index (χ1v) is 7.49. The Kier molecular flexibility index (Phi) is 5.08. The summed E-state index contributed by atoms with van der Waals surface area (Å²) in [5, 5.41) is 5.68. The van der Waals surface area contributed by atoms with Gasteiger partial charge in [-0.15, -0.1) is 0 Å². The second-order valence-corrected chi connectivity index (χ2v) is 6.43. The van der Waals surface area contributed by atoms with Crippen molar-refractivity contribution in [3.05, 3.63) is 35.0 Å². The Morgan fingerprint density at radius 1 is 1.30 bits per heavy atom. The second-order valence-electron chi connectivity index (χ2n) is 6.00. The molecule has 1 aromatic heterocycles. The van der Waals surface area contributed by atoms with Crippen molar-refractivity contribution in [1.29, 1.82) is 0 Å². The maximum absolute atomic E-state index is 6.01.